The van der Waals surface area contributed by atoms with Gasteiger partial charge in [-0.1, -0.05) is 24.0 Å². The van der Waals surface area contributed by atoms with E-state index >= 15 is 0 Å². The Hall–Kier alpha value is -3.66. The zero-order valence-electron chi connectivity index (χ0n) is 14.8. The molecule has 7 heteroatoms. The van der Waals surface area contributed by atoms with Gasteiger partial charge in [-0.15, -0.1) is 0 Å². The molecule has 1 aliphatic heterocycles. The van der Waals surface area contributed by atoms with Crippen LogP contribution in [-0.2, 0) is 4.74 Å². The molecule has 2 aromatic rings. The van der Waals surface area contributed by atoms with Crippen molar-refractivity contribution in [3.63, 3.8) is 0 Å². The van der Waals surface area contributed by atoms with E-state index < -0.39 is 0 Å². The molecule has 1 aliphatic rings. The largest absolute Gasteiger partial charge is 0.495 e. The third-order valence-electron chi connectivity index (χ3n) is 3.87. The summed E-state index contributed by atoms with van der Waals surface area (Å²) in [6, 6.07) is 14.1. The highest BCUT2D eigenvalue weighted by Crippen LogP contribution is 2.22. The number of anilines is 2. The SMILES string of the molecule is COc1ccccc1NC(=O)NCC#Cc1ccc(N2CCOC2=O)cc1. The molecule has 0 bridgehead atoms. The zero-order valence-corrected chi connectivity index (χ0v) is 14.8. The number of methoxy groups -OCH3 is 1. The first-order chi connectivity index (χ1) is 13.2. The summed E-state index contributed by atoms with van der Waals surface area (Å²) >= 11 is 0. The molecule has 0 atom stereocenters. The molecule has 2 N–H and O–H groups in total. The Balaban J connectivity index is 1.50. The van der Waals surface area contributed by atoms with Gasteiger partial charge in [0.15, 0.2) is 0 Å². The predicted octanol–water partition coefficient (Wildman–Crippen LogP) is 2.83. The lowest BCUT2D eigenvalue weighted by Gasteiger charge is -2.12. The van der Waals surface area contributed by atoms with Crippen LogP contribution in [0.4, 0.5) is 21.0 Å². The first-order valence-electron chi connectivity index (χ1n) is 8.38. The van der Waals surface area contributed by atoms with E-state index in [1.165, 1.54) is 0 Å². The van der Waals surface area contributed by atoms with Crippen LogP contribution in [0.15, 0.2) is 48.5 Å². The van der Waals surface area contributed by atoms with Crippen LogP contribution < -0.4 is 20.3 Å². The minimum absolute atomic E-state index is 0.196. The van der Waals surface area contributed by atoms with Crippen LogP contribution >= 0.6 is 0 Å². The first kappa shape index (κ1) is 18.1. The maximum Gasteiger partial charge on any atom is 0.414 e. The zero-order chi connectivity index (χ0) is 19.1. The van der Waals surface area contributed by atoms with Crippen LogP contribution in [0.3, 0.4) is 0 Å². The van der Waals surface area contributed by atoms with E-state index in [4.69, 9.17) is 9.47 Å². The highest BCUT2D eigenvalue weighted by atomic mass is 16.6. The van der Waals surface area contributed by atoms with Gasteiger partial charge in [-0.25, -0.2) is 9.59 Å². The number of rotatable bonds is 4. The molecule has 27 heavy (non-hydrogen) atoms. The van der Waals surface area contributed by atoms with Crippen LogP contribution in [0, 0.1) is 11.8 Å². The van der Waals surface area contributed by atoms with Crippen molar-refractivity contribution in [2.75, 3.05) is 37.0 Å². The average molecular weight is 365 g/mol. The number of cyclic esters (lactones) is 1. The Morgan fingerprint density at radius 1 is 1.22 bits per heavy atom. The molecule has 1 heterocycles. The molecular formula is C20H19N3O4. The average Bonchev–Trinajstić information content (AvgIpc) is 3.12. The fourth-order valence-corrected chi connectivity index (χ4v) is 2.54. The van der Waals surface area contributed by atoms with Crippen molar-refractivity contribution in [3.8, 4) is 17.6 Å². The van der Waals surface area contributed by atoms with Gasteiger partial charge in [-0.2, -0.15) is 0 Å². The minimum atomic E-state index is -0.364. The second-order valence-electron chi connectivity index (χ2n) is 5.62. The van der Waals surface area contributed by atoms with E-state index in [-0.39, 0.29) is 18.7 Å². The Bertz CT molecular complexity index is 884. The monoisotopic (exact) mass is 365 g/mol. The summed E-state index contributed by atoms with van der Waals surface area (Å²) in [5, 5.41) is 5.38. The molecule has 138 valence electrons. The number of hydrogen-bond donors (Lipinski definition) is 2. The van der Waals surface area contributed by atoms with Crippen molar-refractivity contribution >= 4 is 23.5 Å². The number of carbonyl (C=O) groups excluding carboxylic acids is 2. The summed E-state index contributed by atoms with van der Waals surface area (Å²) in [4.78, 5) is 25.0. The van der Waals surface area contributed by atoms with Gasteiger partial charge in [0.1, 0.15) is 12.4 Å². The van der Waals surface area contributed by atoms with Gasteiger partial charge >= 0.3 is 12.1 Å². The van der Waals surface area contributed by atoms with Crippen LogP contribution in [0.2, 0.25) is 0 Å². The second-order valence-corrected chi connectivity index (χ2v) is 5.62. The molecular weight excluding hydrogens is 346 g/mol. The summed E-state index contributed by atoms with van der Waals surface area (Å²) in [6.07, 6.45) is -0.334. The van der Waals surface area contributed by atoms with Gasteiger partial charge in [0.25, 0.3) is 0 Å². The lowest BCUT2D eigenvalue weighted by molar-refractivity contribution is 0.181. The van der Waals surface area contributed by atoms with Crippen LogP contribution in [0.1, 0.15) is 5.56 Å². The molecule has 0 radical (unpaired) electrons. The maximum atomic E-state index is 11.9. The number of hydrogen-bond acceptors (Lipinski definition) is 4. The number of carbonyl (C=O) groups is 2. The third kappa shape index (κ3) is 4.70. The van der Waals surface area contributed by atoms with Gasteiger partial charge in [0.2, 0.25) is 0 Å². The molecule has 1 fully saturated rings. The van der Waals surface area contributed by atoms with Gasteiger partial charge in [-0.3, -0.25) is 4.90 Å². The highest BCUT2D eigenvalue weighted by Gasteiger charge is 2.23. The Labute approximate surface area is 157 Å². The number of urea groups is 1. The summed E-state index contributed by atoms with van der Waals surface area (Å²) in [6.45, 7) is 1.15. The Morgan fingerprint density at radius 3 is 2.70 bits per heavy atom. The molecule has 7 nitrogen and oxygen atoms in total. The molecule has 1 saturated heterocycles. The minimum Gasteiger partial charge on any atom is -0.495 e. The number of benzene rings is 2. The first-order valence-corrected chi connectivity index (χ1v) is 8.38. The molecule has 2 aromatic carbocycles. The van der Waals surface area contributed by atoms with Gasteiger partial charge in [0.05, 0.1) is 25.9 Å². The summed E-state index contributed by atoms with van der Waals surface area (Å²) in [5.41, 5.74) is 2.15. The van der Waals surface area contributed by atoms with Crippen molar-refractivity contribution in [1.82, 2.24) is 5.32 Å². The normalized spacial score (nSPS) is 12.6. The topological polar surface area (TPSA) is 79.9 Å². The third-order valence-corrected chi connectivity index (χ3v) is 3.87. The lowest BCUT2D eigenvalue weighted by Crippen LogP contribution is -2.29. The Kier molecular flexibility index (Phi) is 5.80. The molecule has 3 amide bonds. The van der Waals surface area contributed by atoms with E-state index in [0.29, 0.717) is 24.6 Å². The highest BCUT2D eigenvalue weighted by molar-refractivity contribution is 5.91. The van der Waals surface area contributed by atoms with Crippen molar-refractivity contribution < 1.29 is 19.1 Å². The number of amides is 3. The fraction of sp³-hybridized carbons (Fsp3) is 0.200. The number of nitrogens with one attached hydrogen (secondary N) is 2. The van der Waals surface area contributed by atoms with Crippen molar-refractivity contribution in [3.05, 3.63) is 54.1 Å². The quantitative estimate of drug-likeness (QED) is 0.817. The smallest absolute Gasteiger partial charge is 0.414 e. The molecule has 0 unspecified atom stereocenters. The molecule has 0 spiro atoms. The number of para-hydroxylation sites is 2. The van der Waals surface area contributed by atoms with Crippen molar-refractivity contribution in [1.29, 1.82) is 0 Å². The Morgan fingerprint density at radius 2 is 2.00 bits per heavy atom. The van der Waals surface area contributed by atoms with E-state index in [1.807, 2.05) is 36.4 Å². The van der Waals surface area contributed by atoms with Gasteiger partial charge in [0, 0.05) is 11.3 Å². The summed E-state index contributed by atoms with van der Waals surface area (Å²) in [7, 11) is 1.54. The second kappa shape index (κ2) is 8.63. The predicted molar refractivity (Wildman–Crippen MR) is 102 cm³/mol. The number of nitrogens with zero attached hydrogens (tertiary/aromatic N) is 1. The number of ether oxygens (including phenoxy) is 2. The summed E-state index contributed by atoms with van der Waals surface area (Å²) in [5.74, 6) is 6.43. The molecule has 3 rings (SSSR count). The lowest BCUT2D eigenvalue weighted by atomic mass is 10.2. The van der Waals surface area contributed by atoms with Crippen molar-refractivity contribution in [2.45, 2.75) is 0 Å². The standard InChI is InChI=1S/C20H19N3O4/c1-26-18-7-3-2-6-17(18)22-19(24)21-12-4-5-15-8-10-16(11-9-15)23-13-14-27-20(23)25/h2-3,6-11H,12-14H2,1H3,(H2,21,22,24). The van der Waals surface area contributed by atoms with E-state index in [9.17, 15) is 9.59 Å². The van der Waals surface area contributed by atoms with Crippen molar-refractivity contribution in [2.24, 2.45) is 0 Å². The van der Waals surface area contributed by atoms with Gasteiger partial charge < -0.3 is 20.1 Å². The fourth-order valence-electron chi connectivity index (χ4n) is 2.54. The van der Waals surface area contributed by atoms with Crippen LogP contribution in [-0.4, -0.2) is 38.9 Å². The molecule has 0 saturated carbocycles. The van der Waals surface area contributed by atoms with Gasteiger partial charge in [-0.05, 0) is 36.4 Å². The van der Waals surface area contributed by atoms with E-state index in [1.54, 1.807) is 24.1 Å². The van der Waals surface area contributed by atoms with E-state index in [0.717, 1.165) is 11.3 Å². The van der Waals surface area contributed by atoms with Crippen LogP contribution in [0.25, 0.3) is 0 Å². The maximum absolute atomic E-state index is 11.9. The van der Waals surface area contributed by atoms with Crippen LogP contribution in [0.5, 0.6) is 5.75 Å². The summed E-state index contributed by atoms with van der Waals surface area (Å²) < 4.78 is 10.1. The van der Waals surface area contributed by atoms with E-state index in [2.05, 4.69) is 22.5 Å². The molecule has 0 aromatic heterocycles. The molecule has 0 aliphatic carbocycles.